The van der Waals surface area contributed by atoms with E-state index in [-0.39, 0.29) is 0 Å². The van der Waals surface area contributed by atoms with Gasteiger partial charge in [-0.2, -0.15) is 0 Å². The summed E-state index contributed by atoms with van der Waals surface area (Å²) in [5.74, 6) is 1.21. The molecule has 1 nitrogen and oxygen atoms in total. The lowest BCUT2D eigenvalue weighted by atomic mass is 9.83. The molecule has 0 N–H and O–H groups in total. The number of rotatable bonds is 3. The standard InChI is InChI=1S/C14H20O/c1-11(2)14(13-9-6-10-15-13)12-7-4-3-5-8-12/h3-5,7-8,11,13-14H,6,9-10H2,1-2H3/t13-,14+/m1/s1. The summed E-state index contributed by atoms with van der Waals surface area (Å²) in [7, 11) is 0. The van der Waals surface area contributed by atoms with E-state index >= 15 is 0 Å². The number of hydrogen-bond donors (Lipinski definition) is 0. The van der Waals surface area contributed by atoms with Crippen LogP contribution in [-0.4, -0.2) is 12.7 Å². The van der Waals surface area contributed by atoms with Crippen molar-refractivity contribution in [2.75, 3.05) is 6.61 Å². The van der Waals surface area contributed by atoms with E-state index in [4.69, 9.17) is 4.74 Å². The molecule has 1 aromatic carbocycles. The second-order valence-electron chi connectivity index (χ2n) is 4.73. The minimum Gasteiger partial charge on any atom is -0.378 e. The molecule has 1 saturated heterocycles. The monoisotopic (exact) mass is 204 g/mol. The van der Waals surface area contributed by atoms with Gasteiger partial charge in [-0.15, -0.1) is 0 Å². The molecule has 0 aliphatic carbocycles. The first kappa shape index (κ1) is 10.7. The normalized spacial score (nSPS) is 23.3. The van der Waals surface area contributed by atoms with E-state index in [1.807, 2.05) is 0 Å². The number of hydrogen-bond acceptors (Lipinski definition) is 1. The van der Waals surface area contributed by atoms with Gasteiger partial charge < -0.3 is 4.74 Å². The van der Waals surface area contributed by atoms with Gasteiger partial charge in [0.2, 0.25) is 0 Å². The van der Waals surface area contributed by atoms with Gasteiger partial charge in [-0.1, -0.05) is 44.2 Å². The van der Waals surface area contributed by atoms with Crippen molar-refractivity contribution < 1.29 is 4.74 Å². The molecule has 0 amide bonds. The Bertz CT molecular complexity index is 285. The molecular formula is C14H20O. The van der Waals surface area contributed by atoms with Crippen LogP contribution in [0, 0.1) is 5.92 Å². The van der Waals surface area contributed by atoms with Gasteiger partial charge in [0.05, 0.1) is 6.10 Å². The van der Waals surface area contributed by atoms with Gasteiger partial charge >= 0.3 is 0 Å². The van der Waals surface area contributed by atoms with E-state index < -0.39 is 0 Å². The van der Waals surface area contributed by atoms with Gasteiger partial charge in [0.15, 0.2) is 0 Å². The quantitative estimate of drug-likeness (QED) is 0.731. The number of ether oxygens (including phenoxy) is 1. The number of benzene rings is 1. The molecular weight excluding hydrogens is 184 g/mol. The van der Waals surface area contributed by atoms with Crippen molar-refractivity contribution >= 4 is 0 Å². The lowest BCUT2D eigenvalue weighted by molar-refractivity contribution is 0.0748. The smallest absolute Gasteiger partial charge is 0.0646 e. The van der Waals surface area contributed by atoms with Crippen molar-refractivity contribution in [3.63, 3.8) is 0 Å². The molecule has 0 unspecified atom stereocenters. The third-order valence-corrected chi connectivity index (χ3v) is 3.27. The molecule has 1 fully saturated rings. The Labute approximate surface area is 92.5 Å². The first-order valence-corrected chi connectivity index (χ1v) is 5.95. The van der Waals surface area contributed by atoms with E-state index in [9.17, 15) is 0 Å². The molecule has 1 heterocycles. The molecule has 0 saturated carbocycles. The largest absolute Gasteiger partial charge is 0.378 e. The predicted octanol–water partition coefficient (Wildman–Crippen LogP) is 3.61. The Morgan fingerprint density at radius 1 is 1.20 bits per heavy atom. The highest BCUT2D eigenvalue weighted by molar-refractivity contribution is 5.21. The predicted molar refractivity (Wildman–Crippen MR) is 63.0 cm³/mol. The topological polar surface area (TPSA) is 9.23 Å². The zero-order valence-electron chi connectivity index (χ0n) is 9.65. The Morgan fingerprint density at radius 2 is 1.93 bits per heavy atom. The Hall–Kier alpha value is -0.820. The van der Waals surface area contributed by atoms with Crippen LogP contribution in [0.3, 0.4) is 0 Å². The van der Waals surface area contributed by atoms with Crippen molar-refractivity contribution in [3.8, 4) is 0 Å². The molecule has 2 rings (SSSR count). The molecule has 15 heavy (non-hydrogen) atoms. The maximum absolute atomic E-state index is 5.83. The summed E-state index contributed by atoms with van der Waals surface area (Å²) in [6.07, 6.45) is 2.88. The summed E-state index contributed by atoms with van der Waals surface area (Å²) in [4.78, 5) is 0. The van der Waals surface area contributed by atoms with E-state index in [1.54, 1.807) is 0 Å². The fraction of sp³-hybridized carbons (Fsp3) is 0.571. The van der Waals surface area contributed by atoms with Crippen LogP contribution in [0.15, 0.2) is 30.3 Å². The van der Waals surface area contributed by atoms with E-state index in [0.717, 1.165) is 6.61 Å². The molecule has 1 aromatic rings. The first-order valence-electron chi connectivity index (χ1n) is 5.95. The van der Waals surface area contributed by atoms with Crippen LogP contribution in [0.5, 0.6) is 0 Å². The Morgan fingerprint density at radius 3 is 2.47 bits per heavy atom. The fourth-order valence-corrected chi connectivity index (χ4v) is 2.59. The summed E-state index contributed by atoms with van der Waals surface area (Å²) in [5.41, 5.74) is 1.43. The zero-order valence-corrected chi connectivity index (χ0v) is 9.65. The molecule has 2 atom stereocenters. The average Bonchev–Trinajstić information content (AvgIpc) is 2.72. The lowest BCUT2D eigenvalue weighted by Crippen LogP contribution is -2.22. The maximum Gasteiger partial charge on any atom is 0.0646 e. The molecule has 0 spiro atoms. The minimum atomic E-state index is 0.437. The highest BCUT2D eigenvalue weighted by atomic mass is 16.5. The first-order chi connectivity index (χ1) is 7.29. The van der Waals surface area contributed by atoms with E-state index in [2.05, 4.69) is 44.2 Å². The van der Waals surface area contributed by atoms with Crippen molar-refractivity contribution in [2.45, 2.75) is 38.7 Å². The van der Waals surface area contributed by atoms with Gasteiger partial charge in [-0.05, 0) is 24.3 Å². The van der Waals surface area contributed by atoms with Crippen LogP contribution in [-0.2, 0) is 4.74 Å². The van der Waals surface area contributed by atoms with Crippen LogP contribution in [0.25, 0.3) is 0 Å². The SMILES string of the molecule is CC(C)[C@@H](c1ccccc1)[C@H]1CCCO1. The molecule has 0 radical (unpaired) electrons. The van der Waals surface area contributed by atoms with Crippen LogP contribution in [0.4, 0.5) is 0 Å². The highest BCUT2D eigenvalue weighted by Gasteiger charge is 2.29. The van der Waals surface area contributed by atoms with E-state index in [0.29, 0.717) is 17.9 Å². The lowest BCUT2D eigenvalue weighted by Gasteiger charge is -2.27. The van der Waals surface area contributed by atoms with Crippen LogP contribution >= 0.6 is 0 Å². The third-order valence-electron chi connectivity index (χ3n) is 3.27. The van der Waals surface area contributed by atoms with Crippen LogP contribution < -0.4 is 0 Å². The van der Waals surface area contributed by atoms with Gasteiger partial charge in [0.1, 0.15) is 0 Å². The van der Waals surface area contributed by atoms with Gasteiger partial charge in [0.25, 0.3) is 0 Å². The van der Waals surface area contributed by atoms with Crippen molar-refractivity contribution in [2.24, 2.45) is 5.92 Å². The van der Waals surface area contributed by atoms with Crippen molar-refractivity contribution in [1.82, 2.24) is 0 Å². The van der Waals surface area contributed by atoms with Crippen LogP contribution in [0.2, 0.25) is 0 Å². The molecule has 82 valence electrons. The zero-order chi connectivity index (χ0) is 10.7. The summed E-state index contributed by atoms with van der Waals surface area (Å²) in [5, 5.41) is 0. The van der Waals surface area contributed by atoms with Gasteiger partial charge in [-0.25, -0.2) is 0 Å². The van der Waals surface area contributed by atoms with Crippen molar-refractivity contribution in [3.05, 3.63) is 35.9 Å². The van der Waals surface area contributed by atoms with Crippen LogP contribution in [0.1, 0.15) is 38.2 Å². The van der Waals surface area contributed by atoms with E-state index in [1.165, 1.54) is 18.4 Å². The molecule has 1 aliphatic heterocycles. The third kappa shape index (κ3) is 2.40. The Kier molecular flexibility index (Phi) is 3.42. The summed E-state index contributed by atoms with van der Waals surface area (Å²) in [6.45, 7) is 5.53. The summed E-state index contributed by atoms with van der Waals surface area (Å²) in [6, 6.07) is 10.8. The van der Waals surface area contributed by atoms with Gasteiger partial charge in [0, 0.05) is 12.5 Å². The minimum absolute atomic E-state index is 0.437. The Balaban J connectivity index is 2.19. The second-order valence-corrected chi connectivity index (χ2v) is 4.73. The molecule has 0 aromatic heterocycles. The second kappa shape index (κ2) is 4.80. The summed E-state index contributed by atoms with van der Waals surface area (Å²) < 4.78 is 5.83. The fourth-order valence-electron chi connectivity index (χ4n) is 2.59. The maximum atomic E-state index is 5.83. The highest BCUT2D eigenvalue weighted by Crippen LogP contribution is 2.34. The van der Waals surface area contributed by atoms with Gasteiger partial charge in [-0.3, -0.25) is 0 Å². The molecule has 0 bridgehead atoms. The summed E-state index contributed by atoms with van der Waals surface area (Å²) >= 11 is 0. The molecule has 1 aliphatic rings. The van der Waals surface area contributed by atoms with Crippen molar-refractivity contribution in [1.29, 1.82) is 0 Å². The molecule has 1 heteroatoms. The average molecular weight is 204 g/mol.